The maximum absolute atomic E-state index is 11.1. The molecule has 0 aliphatic rings. The summed E-state index contributed by atoms with van der Waals surface area (Å²) in [5.74, 6) is 0.453. The number of halogens is 1. The average Bonchev–Trinajstić information content (AvgIpc) is 2.00. The second-order valence-corrected chi connectivity index (χ2v) is 4.19. The van der Waals surface area contributed by atoms with Crippen LogP contribution >= 0.6 is 11.6 Å². The zero-order chi connectivity index (χ0) is 11.0. The van der Waals surface area contributed by atoms with Gasteiger partial charge in [-0.1, -0.05) is 0 Å². The predicted molar refractivity (Wildman–Crippen MR) is 55.8 cm³/mol. The molecule has 0 aliphatic carbocycles. The first-order valence-electron chi connectivity index (χ1n) is 4.54. The van der Waals surface area contributed by atoms with Crippen molar-refractivity contribution in [2.45, 2.75) is 26.3 Å². The Balaban J connectivity index is 3.36. The summed E-state index contributed by atoms with van der Waals surface area (Å²) in [6.45, 7) is 6.77. The quantitative estimate of drug-likeness (QED) is 0.571. The first kappa shape index (κ1) is 13.5. The van der Waals surface area contributed by atoms with E-state index in [1.807, 2.05) is 20.8 Å². The van der Waals surface area contributed by atoms with Gasteiger partial charge in [0.1, 0.15) is 6.61 Å². The summed E-state index contributed by atoms with van der Waals surface area (Å²) in [7, 11) is 0. The fourth-order valence-corrected chi connectivity index (χ4v) is 0.801. The number of rotatable bonds is 5. The maximum atomic E-state index is 11.1. The standard InChI is InChI=1S/C9H18ClNO3/c1-9(2,3)11-8(12)14-7-6-13-5-4-10/h4-7H2,1-3H3,(H,11,12). The summed E-state index contributed by atoms with van der Waals surface area (Å²) in [5.41, 5.74) is -0.270. The highest BCUT2D eigenvalue weighted by molar-refractivity contribution is 6.17. The van der Waals surface area contributed by atoms with Crippen LogP contribution in [0.3, 0.4) is 0 Å². The number of hydrogen-bond acceptors (Lipinski definition) is 3. The molecular weight excluding hydrogens is 206 g/mol. The van der Waals surface area contributed by atoms with Crippen LogP contribution in [0, 0.1) is 0 Å². The minimum absolute atomic E-state index is 0.249. The fourth-order valence-electron chi connectivity index (χ4n) is 0.692. The van der Waals surface area contributed by atoms with Crippen LogP contribution in [0.4, 0.5) is 4.79 Å². The summed E-state index contributed by atoms with van der Waals surface area (Å²) >= 11 is 5.39. The van der Waals surface area contributed by atoms with Crippen LogP contribution in [0.1, 0.15) is 20.8 Å². The number of carbonyl (C=O) groups is 1. The molecule has 0 heterocycles. The van der Waals surface area contributed by atoms with Gasteiger partial charge < -0.3 is 14.8 Å². The van der Waals surface area contributed by atoms with Crippen molar-refractivity contribution in [1.82, 2.24) is 5.32 Å². The number of nitrogens with one attached hydrogen (secondary N) is 1. The van der Waals surface area contributed by atoms with Crippen molar-refractivity contribution < 1.29 is 14.3 Å². The van der Waals surface area contributed by atoms with Gasteiger partial charge in [-0.3, -0.25) is 0 Å². The molecule has 0 rings (SSSR count). The van der Waals surface area contributed by atoms with Crippen molar-refractivity contribution in [3.05, 3.63) is 0 Å². The third kappa shape index (κ3) is 9.61. The van der Waals surface area contributed by atoms with Crippen LogP contribution in [-0.4, -0.2) is 37.3 Å². The Labute approximate surface area is 89.9 Å². The number of alkyl halides is 1. The summed E-state index contributed by atoms with van der Waals surface area (Å²) in [6, 6.07) is 0. The van der Waals surface area contributed by atoms with Crippen LogP contribution < -0.4 is 5.32 Å². The van der Waals surface area contributed by atoms with Gasteiger partial charge in [0.25, 0.3) is 0 Å². The zero-order valence-electron chi connectivity index (χ0n) is 8.93. The first-order chi connectivity index (χ1) is 6.45. The fraction of sp³-hybridized carbons (Fsp3) is 0.889. The predicted octanol–water partition coefficient (Wildman–Crippen LogP) is 1.77. The molecule has 0 radical (unpaired) electrons. The minimum Gasteiger partial charge on any atom is -0.447 e. The van der Waals surface area contributed by atoms with Gasteiger partial charge in [-0.25, -0.2) is 4.79 Å². The van der Waals surface area contributed by atoms with E-state index in [1.165, 1.54) is 0 Å². The molecule has 84 valence electrons. The van der Waals surface area contributed by atoms with Crippen molar-refractivity contribution in [2.75, 3.05) is 25.7 Å². The second-order valence-electron chi connectivity index (χ2n) is 3.81. The van der Waals surface area contributed by atoms with Gasteiger partial charge in [0.2, 0.25) is 0 Å². The van der Waals surface area contributed by atoms with Crippen molar-refractivity contribution in [2.24, 2.45) is 0 Å². The summed E-state index contributed by atoms with van der Waals surface area (Å²) in [4.78, 5) is 11.1. The van der Waals surface area contributed by atoms with E-state index in [0.717, 1.165) is 0 Å². The second kappa shape index (κ2) is 6.90. The monoisotopic (exact) mass is 223 g/mol. The van der Waals surface area contributed by atoms with E-state index < -0.39 is 6.09 Å². The molecule has 0 bridgehead atoms. The van der Waals surface area contributed by atoms with E-state index in [0.29, 0.717) is 19.1 Å². The Morgan fingerprint density at radius 3 is 2.43 bits per heavy atom. The largest absolute Gasteiger partial charge is 0.447 e. The van der Waals surface area contributed by atoms with E-state index in [4.69, 9.17) is 21.1 Å². The first-order valence-corrected chi connectivity index (χ1v) is 5.08. The molecule has 0 aromatic heterocycles. The number of carbonyl (C=O) groups excluding carboxylic acids is 1. The van der Waals surface area contributed by atoms with Gasteiger partial charge in [-0.15, -0.1) is 11.6 Å². The molecule has 0 atom stereocenters. The molecular formula is C9H18ClNO3. The Hall–Kier alpha value is -0.480. The lowest BCUT2D eigenvalue weighted by molar-refractivity contribution is 0.0765. The highest BCUT2D eigenvalue weighted by Crippen LogP contribution is 1.98. The molecule has 0 aliphatic heterocycles. The summed E-state index contributed by atoms with van der Waals surface area (Å²) in [5, 5.41) is 2.67. The summed E-state index contributed by atoms with van der Waals surface area (Å²) in [6.07, 6.45) is -0.424. The van der Waals surface area contributed by atoms with Crippen molar-refractivity contribution in [3.8, 4) is 0 Å². The molecule has 1 amide bonds. The smallest absolute Gasteiger partial charge is 0.407 e. The molecule has 0 unspecified atom stereocenters. The lowest BCUT2D eigenvalue weighted by Crippen LogP contribution is -2.41. The lowest BCUT2D eigenvalue weighted by atomic mass is 10.1. The Morgan fingerprint density at radius 1 is 1.29 bits per heavy atom. The Bertz CT molecular complexity index is 168. The van der Waals surface area contributed by atoms with E-state index >= 15 is 0 Å². The van der Waals surface area contributed by atoms with Gasteiger partial charge in [-0.2, -0.15) is 0 Å². The molecule has 0 aromatic carbocycles. The van der Waals surface area contributed by atoms with Crippen LogP contribution in [-0.2, 0) is 9.47 Å². The Kier molecular flexibility index (Phi) is 6.66. The number of alkyl carbamates (subject to hydrolysis) is 1. The van der Waals surface area contributed by atoms with Gasteiger partial charge in [0.15, 0.2) is 0 Å². The van der Waals surface area contributed by atoms with Crippen molar-refractivity contribution >= 4 is 17.7 Å². The van der Waals surface area contributed by atoms with Gasteiger partial charge >= 0.3 is 6.09 Å². The molecule has 0 saturated heterocycles. The summed E-state index contributed by atoms with van der Waals surface area (Å²) < 4.78 is 9.87. The van der Waals surface area contributed by atoms with Crippen LogP contribution in [0.25, 0.3) is 0 Å². The van der Waals surface area contributed by atoms with E-state index in [-0.39, 0.29) is 12.1 Å². The highest BCUT2D eigenvalue weighted by Gasteiger charge is 2.13. The molecule has 14 heavy (non-hydrogen) atoms. The molecule has 0 spiro atoms. The lowest BCUT2D eigenvalue weighted by Gasteiger charge is -2.19. The van der Waals surface area contributed by atoms with E-state index in [1.54, 1.807) is 0 Å². The van der Waals surface area contributed by atoms with Crippen molar-refractivity contribution in [1.29, 1.82) is 0 Å². The Morgan fingerprint density at radius 2 is 1.93 bits per heavy atom. The van der Waals surface area contributed by atoms with E-state index in [9.17, 15) is 4.79 Å². The molecule has 1 N–H and O–H groups in total. The van der Waals surface area contributed by atoms with Crippen LogP contribution in [0.5, 0.6) is 0 Å². The van der Waals surface area contributed by atoms with Gasteiger partial charge in [0.05, 0.1) is 13.2 Å². The molecule has 0 fully saturated rings. The third-order valence-electron chi connectivity index (χ3n) is 1.16. The minimum atomic E-state index is -0.424. The highest BCUT2D eigenvalue weighted by atomic mass is 35.5. The van der Waals surface area contributed by atoms with Crippen LogP contribution in [0.2, 0.25) is 0 Å². The van der Waals surface area contributed by atoms with Crippen LogP contribution in [0.15, 0.2) is 0 Å². The third-order valence-corrected chi connectivity index (χ3v) is 1.31. The topological polar surface area (TPSA) is 47.6 Å². The molecule has 0 saturated carbocycles. The number of hydrogen-bond donors (Lipinski definition) is 1. The number of amides is 1. The van der Waals surface area contributed by atoms with Gasteiger partial charge in [-0.05, 0) is 20.8 Å². The molecule has 0 aromatic rings. The van der Waals surface area contributed by atoms with Gasteiger partial charge in [0, 0.05) is 11.4 Å². The average molecular weight is 224 g/mol. The normalized spacial score (nSPS) is 11.1. The van der Waals surface area contributed by atoms with E-state index in [2.05, 4.69) is 5.32 Å². The SMILES string of the molecule is CC(C)(C)NC(=O)OCCOCCCl. The number of ether oxygens (including phenoxy) is 2. The zero-order valence-corrected chi connectivity index (χ0v) is 9.69. The maximum Gasteiger partial charge on any atom is 0.407 e. The molecule has 5 heteroatoms. The van der Waals surface area contributed by atoms with Crippen molar-refractivity contribution in [3.63, 3.8) is 0 Å². The molecule has 4 nitrogen and oxygen atoms in total.